The summed E-state index contributed by atoms with van der Waals surface area (Å²) >= 11 is 0. The lowest BCUT2D eigenvalue weighted by Gasteiger charge is -2.33. The van der Waals surface area contributed by atoms with E-state index in [9.17, 15) is 0 Å². The minimum Gasteiger partial charge on any atom is -0.310 e. The minimum atomic E-state index is -0.0832. The van der Waals surface area contributed by atoms with E-state index in [1.54, 1.807) is 0 Å². The van der Waals surface area contributed by atoms with Crippen LogP contribution >= 0.6 is 0 Å². The van der Waals surface area contributed by atoms with Gasteiger partial charge < -0.3 is 9.47 Å². The Kier molecular flexibility index (Phi) is 9.50. The van der Waals surface area contributed by atoms with Crippen LogP contribution < -0.4 is 4.90 Å². The van der Waals surface area contributed by atoms with Gasteiger partial charge >= 0.3 is 0 Å². The van der Waals surface area contributed by atoms with E-state index in [0.717, 1.165) is 37.1 Å². The topological polar surface area (TPSA) is 8.17 Å². The predicted molar refractivity (Wildman–Crippen MR) is 280 cm³/mol. The van der Waals surface area contributed by atoms with E-state index >= 15 is 0 Å². The van der Waals surface area contributed by atoms with Crippen molar-refractivity contribution in [1.29, 1.82) is 0 Å². The summed E-state index contributed by atoms with van der Waals surface area (Å²) in [6.07, 6.45) is 4.54. The normalized spacial score (nSPS) is 13.9. The first-order valence-corrected chi connectivity index (χ1v) is 24.0. The van der Waals surface area contributed by atoms with Crippen LogP contribution in [-0.2, 0) is 10.8 Å². The number of anilines is 3. The first-order chi connectivity index (χ1) is 32.4. The van der Waals surface area contributed by atoms with Gasteiger partial charge in [-0.05, 0) is 141 Å². The minimum absolute atomic E-state index is 0.0000760. The van der Waals surface area contributed by atoms with Gasteiger partial charge in [-0.25, -0.2) is 0 Å². The largest absolute Gasteiger partial charge is 0.310 e. The third-order valence-corrected chi connectivity index (χ3v) is 15.0. The second-order valence-electron chi connectivity index (χ2n) is 19.1. The number of hydrogen-bond acceptors (Lipinski definition) is 1. The summed E-state index contributed by atoms with van der Waals surface area (Å²) in [5.74, 6) is 0. The lowest BCUT2D eigenvalue weighted by molar-refractivity contribution is 0.436. The molecule has 320 valence electrons. The van der Waals surface area contributed by atoms with Gasteiger partial charge in [0, 0.05) is 44.2 Å². The molecule has 2 nitrogen and oxygen atoms in total. The summed E-state index contributed by atoms with van der Waals surface area (Å²) in [6.45, 7) is 9.43. The Morgan fingerprint density at radius 2 is 0.955 bits per heavy atom. The van der Waals surface area contributed by atoms with Crippen molar-refractivity contribution < 1.29 is 0 Å². The third kappa shape index (κ3) is 6.08. The Labute approximate surface area is 389 Å². The van der Waals surface area contributed by atoms with Crippen LogP contribution in [0.5, 0.6) is 0 Å². The molecule has 2 heteroatoms. The zero-order valence-electron chi connectivity index (χ0n) is 38.4. The van der Waals surface area contributed by atoms with E-state index in [-0.39, 0.29) is 10.8 Å². The van der Waals surface area contributed by atoms with Gasteiger partial charge in [0.15, 0.2) is 0 Å². The van der Waals surface area contributed by atoms with Crippen molar-refractivity contribution in [2.75, 3.05) is 4.90 Å². The molecule has 1 aromatic heterocycles. The molecule has 9 aromatic carbocycles. The molecule has 66 heavy (non-hydrogen) atoms. The van der Waals surface area contributed by atoms with Crippen LogP contribution in [0.25, 0.3) is 72.0 Å². The van der Waals surface area contributed by atoms with Crippen molar-refractivity contribution in [3.63, 3.8) is 0 Å². The fraction of sp³-hybridized carbons (Fsp3) is 0.156. The number of nitrogens with zero attached hydrogens (tertiary/aromatic N) is 2. The van der Waals surface area contributed by atoms with E-state index in [4.69, 9.17) is 0 Å². The lowest BCUT2D eigenvalue weighted by atomic mass is 9.71. The zero-order valence-corrected chi connectivity index (χ0v) is 38.4. The van der Waals surface area contributed by atoms with Gasteiger partial charge in [0.05, 0.1) is 16.7 Å². The highest BCUT2D eigenvalue weighted by Crippen LogP contribution is 2.58. The molecule has 2 aliphatic carbocycles. The Morgan fingerprint density at radius 3 is 1.64 bits per heavy atom. The van der Waals surface area contributed by atoms with Crippen LogP contribution in [0, 0.1) is 0 Å². The van der Waals surface area contributed by atoms with Crippen LogP contribution in [-0.4, -0.2) is 4.57 Å². The van der Waals surface area contributed by atoms with Crippen LogP contribution in [0.3, 0.4) is 0 Å². The second-order valence-corrected chi connectivity index (χ2v) is 19.1. The second kappa shape index (κ2) is 15.6. The molecule has 0 unspecified atom stereocenters. The third-order valence-electron chi connectivity index (χ3n) is 15.0. The van der Waals surface area contributed by atoms with Gasteiger partial charge in [0.25, 0.3) is 0 Å². The first-order valence-electron chi connectivity index (χ1n) is 24.0. The summed E-state index contributed by atoms with van der Waals surface area (Å²) in [5, 5.41) is 2.55. The Bertz CT molecular complexity index is 3440. The van der Waals surface area contributed by atoms with Crippen LogP contribution in [0.4, 0.5) is 17.1 Å². The van der Waals surface area contributed by atoms with E-state index in [2.05, 4.69) is 243 Å². The summed E-state index contributed by atoms with van der Waals surface area (Å²) in [5.41, 5.74) is 23.1. The number of fused-ring (bicyclic) bond motifs is 9. The highest BCUT2D eigenvalue weighted by atomic mass is 15.1. The molecule has 0 aliphatic heterocycles. The van der Waals surface area contributed by atoms with Crippen molar-refractivity contribution in [3.8, 4) is 50.2 Å². The number of rotatable bonds is 10. The number of benzene rings is 9. The monoisotopic (exact) mass is 850 g/mol. The summed E-state index contributed by atoms with van der Waals surface area (Å²) < 4.78 is 2.46. The summed E-state index contributed by atoms with van der Waals surface area (Å²) in [7, 11) is 0. The van der Waals surface area contributed by atoms with Crippen molar-refractivity contribution in [1.82, 2.24) is 4.57 Å². The molecule has 0 amide bonds. The van der Waals surface area contributed by atoms with Crippen LogP contribution in [0.15, 0.2) is 206 Å². The van der Waals surface area contributed by atoms with Gasteiger partial charge in [-0.15, -0.1) is 0 Å². The quantitative estimate of drug-likeness (QED) is 0.133. The standard InChI is InChI=1S/C64H54N2/c1-5-38-64(39-6-2)56-25-16-14-23-51(56)62-57(64)26-17-27-60(62)65(48-33-28-44(29-34-48)43-18-9-7-10-19-43)49-35-30-45(31-36-49)46-32-37-59-53(40-46)54-41-52-50-22-13-15-24-55(50)63(3,4)58(52)42-61(54)66(59)47-20-11-8-12-21-47/h7-37,40-42H,5-6,38-39H2,1-4H3. The molecule has 0 saturated carbocycles. The predicted octanol–water partition coefficient (Wildman–Crippen LogP) is 17.8. The average molecular weight is 851 g/mol. The molecule has 0 bridgehead atoms. The molecule has 0 atom stereocenters. The molecule has 2 aliphatic rings. The number of hydrogen-bond donors (Lipinski definition) is 0. The highest BCUT2D eigenvalue weighted by Gasteiger charge is 2.43. The molecule has 0 fully saturated rings. The van der Waals surface area contributed by atoms with Crippen molar-refractivity contribution >= 4 is 38.9 Å². The Morgan fingerprint density at radius 1 is 0.409 bits per heavy atom. The Balaban J connectivity index is 1.01. The van der Waals surface area contributed by atoms with Crippen molar-refractivity contribution in [2.24, 2.45) is 0 Å². The van der Waals surface area contributed by atoms with Gasteiger partial charge in [-0.3, -0.25) is 0 Å². The smallest absolute Gasteiger partial charge is 0.0544 e. The lowest BCUT2D eigenvalue weighted by Crippen LogP contribution is -2.25. The molecule has 10 aromatic rings. The van der Waals surface area contributed by atoms with Gasteiger partial charge in [0.2, 0.25) is 0 Å². The maximum absolute atomic E-state index is 2.50. The van der Waals surface area contributed by atoms with E-state index < -0.39 is 0 Å². The van der Waals surface area contributed by atoms with E-state index in [0.29, 0.717) is 0 Å². The van der Waals surface area contributed by atoms with Crippen LogP contribution in [0.1, 0.15) is 75.6 Å². The molecule has 0 spiro atoms. The highest BCUT2D eigenvalue weighted by molar-refractivity contribution is 6.13. The molecular weight excluding hydrogens is 797 g/mol. The van der Waals surface area contributed by atoms with Crippen molar-refractivity contribution in [3.05, 3.63) is 229 Å². The zero-order chi connectivity index (χ0) is 44.6. The summed E-state index contributed by atoms with van der Waals surface area (Å²) in [4.78, 5) is 2.50. The maximum atomic E-state index is 2.50. The van der Waals surface area contributed by atoms with Gasteiger partial charge in [-0.2, -0.15) is 0 Å². The van der Waals surface area contributed by atoms with E-state index in [1.807, 2.05) is 0 Å². The van der Waals surface area contributed by atoms with Gasteiger partial charge in [-0.1, -0.05) is 180 Å². The number of para-hydroxylation sites is 1. The molecule has 0 radical (unpaired) electrons. The maximum Gasteiger partial charge on any atom is 0.0544 e. The average Bonchev–Trinajstić information content (AvgIpc) is 3.92. The molecule has 0 N–H and O–H groups in total. The fourth-order valence-electron chi connectivity index (χ4n) is 12.1. The first kappa shape index (κ1) is 40.1. The van der Waals surface area contributed by atoms with Crippen molar-refractivity contribution in [2.45, 2.75) is 64.2 Å². The van der Waals surface area contributed by atoms with E-state index in [1.165, 1.54) is 99.9 Å². The molecule has 1 heterocycles. The summed E-state index contributed by atoms with van der Waals surface area (Å²) in [6, 6.07) is 77.3. The molecular formula is C64H54N2. The fourth-order valence-corrected chi connectivity index (χ4v) is 12.1. The van der Waals surface area contributed by atoms with Gasteiger partial charge in [0.1, 0.15) is 0 Å². The Hall–Kier alpha value is -7.42. The number of aromatic nitrogens is 1. The molecule has 0 saturated heterocycles. The molecule has 12 rings (SSSR count). The van der Waals surface area contributed by atoms with Crippen LogP contribution in [0.2, 0.25) is 0 Å². The SMILES string of the molecule is CCCC1(CCC)c2ccccc2-c2c(N(c3ccc(-c4ccccc4)cc3)c3ccc(-c4ccc5c(c4)c4cc6c(cc4n5-c4ccccc4)C(C)(C)c4ccccc4-6)cc3)cccc21.